The lowest BCUT2D eigenvalue weighted by molar-refractivity contribution is 0.529. The van der Waals surface area contributed by atoms with E-state index < -0.39 is 9.84 Å². The van der Waals surface area contributed by atoms with E-state index in [1.807, 2.05) is 6.07 Å². The van der Waals surface area contributed by atoms with Crippen molar-refractivity contribution >= 4 is 42.2 Å². The molecule has 7 heteroatoms. The molecular weight excluding hydrogens is 480 g/mol. The quantitative estimate of drug-likeness (QED) is 0.414. The molecule has 0 spiro atoms. The Balaban J connectivity index is 1.42. The number of aromatic nitrogens is 1. The topological polar surface area (TPSA) is 50.3 Å². The van der Waals surface area contributed by atoms with Crippen molar-refractivity contribution in [1.29, 1.82) is 0 Å². The lowest BCUT2D eigenvalue weighted by atomic mass is 10.1. The molecule has 1 aliphatic rings. The highest BCUT2D eigenvalue weighted by Crippen LogP contribution is 2.32. The summed E-state index contributed by atoms with van der Waals surface area (Å²) in [5, 5.41) is 2.73. The first-order valence-electron chi connectivity index (χ1n) is 10.3. The van der Waals surface area contributed by atoms with Crippen molar-refractivity contribution < 1.29 is 8.42 Å². The molecule has 1 fully saturated rings. The average Bonchev–Trinajstić information content (AvgIpc) is 3.25. The Hall–Kier alpha value is -1.70. The van der Waals surface area contributed by atoms with Crippen molar-refractivity contribution in [1.82, 2.24) is 4.98 Å². The van der Waals surface area contributed by atoms with Crippen LogP contribution in [0.1, 0.15) is 31.7 Å². The third kappa shape index (κ3) is 4.63. The third-order valence-electron chi connectivity index (χ3n) is 5.56. The van der Waals surface area contributed by atoms with Gasteiger partial charge in [0.1, 0.15) is 0 Å². The van der Waals surface area contributed by atoms with Crippen LogP contribution in [0, 0.1) is 0 Å². The second-order valence-electron chi connectivity index (χ2n) is 7.65. The lowest BCUT2D eigenvalue weighted by Crippen LogP contribution is -2.39. The van der Waals surface area contributed by atoms with Crippen LogP contribution in [0.15, 0.2) is 63.3 Å². The van der Waals surface area contributed by atoms with Gasteiger partial charge in [-0.25, -0.2) is 13.4 Å². The van der Waals surface area contributed by atoms with E-state index in [-0.39, 0.29) is 5.25 Å². The van der Waals surface area contributed by atoms with Gasteiger partial charge in [-0.1, -0.05) is 59.6 Å². The fourth-order valence-electron chi connectivity index (χ4n) is 3.87. The van der Waals surface area contributed by atoms with E-state index in [9.17, 15) is 8.42 Å². The van der Waals surface area contributed by atoms with Crippen molar-refractivity contribution in [3.05, 3.63) is 63.9 Å². The maximum absolute atomic E-state index is 13.0. The zero-order valence-electron chi connectivity index (χ0n) is 16.9. The van der Waals surface area contributed by atoms with E-state index >= 15 is 0 Å². The molecule has 1 aromatic heterocycles. The summed E-state index contributed by atoms with van der Waals surface area (Å²) in [6.07, 6.45) is 3.48. The SMILES string of the molecule is CCCc1ccc(-c2csc(N3CCC(S(=O)(=O)c4cccc(Br)c4)CC3)n2)cc1. The largest absolute Gasteiger partial charge is 0.348 e. The third-order valence-corrected chi connectivity index (χ3v) is 9.21. The summed E-state index contributed by atoms with van der Waals surface area (Å²) in [7, 11) is -3.31. The molecule has 3 aromatic rings. The molecule has 0 atom stereocenters. The highest BCUT2D eigenvalue weighted by atomic mass is 79.9. The Kier molecular flexibility index (Phi) is 6.60. The van der Waals surface area contributed by atoms with Gasteiger partial charge in [0.15, 0.2) is 15.0 Å². The van der Waals surface area contributed by atoms with Crippen LogP contribution >= 0.6 is 27.3 Å². The van der Waals surface area contributed by atoms with Crippen LogP contribution in [0.4, 0.5) is 5.13 Å². The Labute approximate surface area is 191 Å². The number of hydrogen-bond donors (Lipinski definition) is 0. The van der Waals surface area contributed by atoms with Crippen molar-refractivity contribution in [3.8, 4) is 11.3 Å². The minimum Gasteiger partial charge on any atom is -0.348 e. The monoisotopic (exact) mass is 504 g/mol. The van der Waals surface area contributed by atoms with Crippen molar-refractivity contribution in [2.24, 2.45) is 0 Å². The van der Waals surface area contributed by atoms with E-state index in [0.29, 0.717) is 30.8 Å². The van der Waals surface area contributed by atoms with E-state index in [1.54, 1.807) is 29.5 Å². The Morgan fingerprint density at radius 1 is 1.13 bits per heavy atom. The summed E-state index contributed by atoms with van der Waals surface area (Å²) in [6.45, 7) is 3.61. The predicted molar refractivity (Wildman–Crippen MR) is 128 cm³/mol. The number of halogens is 1. The highest BCUT2D eigenvalue weighted by Gasteiger charge is 2.32. The molecule has 2 aromatic carbocycles. The molecule has 2 heterocycles. The summed E-state index contributed by atoms with van der Waals surface area (Å²) in [6, 6.07) is 15.6. The number of aryl methyl sites for hydroxylation is 1. The van der Waals surface area contributed by atoms with Crippen LogP contribution in [-0.2, 0) is 16.3 Å². The van der Waals surface area contributed by atoms with Crippen LogP contribution in [0.5, 0.6) is 0 Å². The molecule has 0 bridgehead atoms. The maximum atomic E-state index is 13.0. The second kappa shape index (κ2) is 9.20. The van der Waals surface area contributed by atoms with Crippen molar-refractivity contribution in [2.75, 3.05) is 18.0 Å². The minimum atomic E-state index is -3.31. The normalized spacial score (nSPS) is 15.5. The van der Waals surface area contributed by atoms with Gasteiger partial charge in [0.25, 0.3) is 0 Å². The molecule has 1 saturated heterocycles. The zero-order valence-corrected chi connectivity index (χ0v) is 20.1. The Morgan fingerprint density at radius 3 is 2.53 bits per heavy atom. The van der Waals surface area contributed by atoms with Gasteiger partial charge >= 0.3 is 0 Å². The fourth-order valence-corrected chi connectivity index (χ4v) is 7.08. The maximum Gasteiger partial charge on any atom is 0.185 e. The van der Waals surface area contributed by atoms with E-state index in [2.05, 4.69) is 57.4 Å². The number of thiazole rings is 1. The standard InChI is InChI=1S/C23H25BrN2O2S2/c1-2-4-17-7-9-18(10-8-17)22-16-29-23(25-22)26-13-11-20(12-14-26)30(27,28)21-6-3-5-19(24)15-21/h3,5-10,15-16,20H,2,4,11-14H2,1H3. The molecule has 0 N–H and O–H groups in total. The van der Waals surface area contributed by atoms with Gasteiger partial charge in [0, 0.05) is 28.5 Å². The molecular formula is C23H25BrN2O2S2. The molecule has 30 heavy (non-hydrogen) atoms. The Morgan fingerprint density at radius 2 is 1.87 bits per heavy atom. The smallest absolute Gasteiger partial charge is 0.185 e. The number of rotatable bonds is 6. The van der Waals surface area contributed by atoms with E-state index in [0.717, 1.165) is 33.7 Å². The van der Waals surface area contributed by atoms with Crippen molar-refractivity contribution in [2.45, 2.75) is 42.8 Å². The summed E-state index contributed by atoms with van der Waals surface area (Å²) >= 11 is 5.00. The summed E-state index contributed by atoms with van der Waals surface area (Å²) in [4.78, 5) is 7.44. The van der Waals surface area contributed by atoms with Gasteiger partial charge in [-0.05, 0) is 43.0 Å². The number of sulfone groups is 1. The summed E-state index contributed by atoms with van der Waals surface area (Å²) in [5.41, 5.74) is 3.47. The fraction of sp³-hybridized carbons (Fsp3) is 0.348. The van der Waals surface area contributed by atoms with Crippen LogP contribution in [0.2, 0.25) is 0 Å². The first-order chi connectivity index (χ1) is 14.5. The highest BCUT2D eigenvalue weighted by molar-refractivity contribution is 9.10. The van der Waals surface area contributed by atoms with Gasteiger partial charge in [0.2, 0.25) is 0 Å². The number of hydrogen-bond acceptors (Lipinski definition) is 5. The van der Waals surface area contributed by atoms with Crippen LogP contribution in [0.25, 0.3) is 11.3 Å². The molecule has 4 nitrogen and oxygen atoms in total. The van der Waals surface area contributed by atoms with Gasteiger partial charge in [-0.3, -0.25) is 0 Å². The van der Waals surface area contributed by atoms with Gasteiger partial charge in [0.05, 0.1) is 15.8 Å². The molecule has 0 saturated carbocycles. The van der Waals surface area contributed by atoms with Gasteiger partial charge in [-0.15, -0.1) is 11.3 Å². The Bertz CT molecular complexity index is 1100. The number of piperidine rings is 1. The molecule has 0 amide bonds. The van der Waals surface area contributed by atoms with Gasteiger partial charge < -0.3 is 4.90 Å². The summed E-state index contributed by atoms with van der Waals surface area (Å²) in [5.74, 6) is 0. The van der Waals surface area contributed by atoms with Crippen LogP contribution in [0.3, 0.4) is 0 Å². The molecule has 4 rings (SSSR count). The lowest BCUT2D eigenvalue weighted by Gasteiger charge is -2.31. The van der Waals surface area contributed by atoms with Crippen LogP contribution in [-0.4, -0.2) is 31.7 Å². The van der Waals surface area contributed by atoms with Crippen molar-refractivity contribution in [3.63, 3.8) is 0 Å². The number of anilines is 1. The first-order valence-corrected chi connectivity index (χ1v) is 13.5. The van der Waals surface area contributed by atoms with Gasteiger partial charge in [-0.2, -0.15) is 0 Å². The predicted octanol–water partition coefficient (Wildman–Crippen LogP) is 5.97. The zero-order chi connectivity index (χ0) is 21.1. The molecule has 0 aliphatic carbocycles. The van der Waals surface area contributed by atoms with E-state index in [4.69, 9.17) is 4.98 Å². The molecule has 1 aliphatic heterocycles. The first kappa shape index (κ1) is 21.5. The summed E-state index contributed by atoms with van der Waals surface area (Å²) < 4.78 is 26.8. The average molecular weight is 506 g/mol. The molecule has 0 radical (unpaired) electrons. The minimum absolute atomic E-state index is 0.339. The number of nitrogens with zero attached hydrogens (tertiary/aromatic N) is 2. The second-order valence-corrected chi connectivity index (χ2v) is 11.6. The molecule has 0 unspecified atom stereocenters. The number of benzene rings is 2. The van der Waals surface area contributed by atoms with Crippen LogP contribution < -0.4 is 4.90 Å². The van der Waals surface area contributed by atoms with E-state index in [1.165, 1.54) is 5.56 Å². The molecule has 158 valence electrons.